The van der Waals surface area contributed by atoms with Crippen molar-refractivity contribution in [2.45, 2.75) is 6.92 Å². The maximum atomic E-state index is 14.2. The van der Waals surface area contributed by atoms with Crippen molar-refractivity contribution in [2.24, 2.45) is 5.16 Å². The summed E-state index contributed by atoms with van der Waals surface area (Å²) in [6.07, 6.45) is 1.13. The van der Waals surface area contributed by atoms with Crippen molar-refractivity contribution in [1.82, 2.24) is 5.16 Å². The van der Waals surface area contributed by atoms with Crippen LogP contribution in [0.2, 0.25) is 5.02 Å². The third-order valence-electron chi connectivity index (χ3n) is 3.68. The molecule has 10 heteroatoms. The predicted molar refractivity (Wildman–Crippen MR) is 97.7 cm³/mol. The van der Waals surface area contributed by atoms with E-state index in [1.165, 1.54) is 43.3 Å². The van der Waals surface area contributed by atoms with Crippen molar-refractivity contribution < 1.29 is 23.5 Å². The number of aromatic nitrogens is 1. The van der Waals surface area contributed by atoms with Gasteiger partial charge in [-0.2, -0.15) is 0 Å². The van der Waals surface area contributed by atoms with E-state index in [4.69, 9.17) is 21.0 Å². The number of nitro benzene ring substituents is 1. The van der Waals surface area contributed by atoms with E-state index in [-0.39, 0.29) is 33.3 Å². The number of benzene rings is 2. The highest BCUT2D eigenvalue weighted by Crippen LogP contribution is 2.33. The van der Waals surface area contributed by atoms with E-state index < -0.39 is 16.7 Å². The van der Waals surface area contributed by atoms with Gasteiger partial charge < -0.3 is 9.36 Å². The number of nitro groups is 1. The molecule has 3 rings (SSSR count). The molecule has 0 amide bonds. The lowest BCUT2D eigenvalue weighted by Crippen LogP contribution is -2.04. The van der Waals surface area contributed by atoms with Crippen molar-refractivity contribution >= 4 is 29.5 Å². The Morgan fingerprint density at radius 3 is 2.82 bits per heavy atom. The molecule has 0 aliphatic rings. The number of non-ortho nitro benzene ring substituents is 1. The average Bonchev–Trinajstić information content (AvgIpc) is 3.03. The number of hydrogen-bond acceptors (Lipinski definition) is 7. The van der Waals surface area contributed by atoms with E-state index >= 15 is 0 Å². The molecule has 0 aliphatic carbocycles. The highest BCUT2D eigenvalue weighted by molar-refractivity contribution is 6.33. The Morgan fingerprint density at radius 1 is 1.36 bits per heavy atom. The lowest BCUT2D eigenvalue weighted by atomic mass is 10.1. The standard InChI is InChI=1S/C18H11ClFN3O5/c1-10-15(17(22-27-10)16-13(19)6-3-7-14(16)20)18(24)28-21-9-11-4-2-5-12(8-11)23(25)26/h2-9H,1H3/b21-9-. The summed E-state index contributed by atoms with van der Waals surface area (Å²) in [5, 5.41) is 18.0. The topological polar surface area (TPSA) is 108 Å². The summed E-state index contributed by atoms with van der Waals surface area (Å²) >= 11 is 6.02. The number of oxime groups is 1. The zero-order valence-corrected chi connectivity index (χ0v) is 15.0. The number of nitrogens with zero attached hydrogens (tertiary/aromatic N) is 3. The Bertz CT molecular complexity index is 1080. The van der Waals surface area contributed by atoms with Gasteiger partial charge in [0.2, 0.25) is 0 Å². The minimum atomic E-state index is -0.949. The van der Waals surface area contributed by atoms with Gasteiger partial charge in [0, 0.05) is 17.7 Å². The number of carbonyl (C=O) groups excluding carboxylic acids is 1. The molecule has 0 saturated carbocycles. The second-order valence-electron chi connectivity index (χ2n) is 5.52. The van der Waals surface area contributed by atoms with Gasteiger partial charge in [-0.15, -0.1) is 0 Å². The van der Waals surface area contributed by atoms with E-state index in [2.05, 4.69) is 10.3 Å². The largest absolute Gasteiger partial charge is 0.371 e. The summed E-state index contributed by atoms with van der Waals surface area (Å²) in [5.74, 6) is -1.55. The van der Waals surface area contributed by atoms with Gasteiger partial charge in [0.25, 0.3) is 5.69 Å². The van der Waals surface area contributed by atoms with Crippen molar-refractivity contribution in [3.63, 3.8) is 0 Å². The van der Waals surface area contributed by atoms with Gasteiger partial charge in [-0.05, 0) is 19.1 Å². The molecule has 0 spiro atoms. The van der Waals surface area contributed by atoms with Crippen LogP contribution in [-0.2, 0) is 4.84 Å². The molecular weight excluding hydrogens is 393 g/mol. The summed E-state index contributed by atoms with van der Waals surface area (Å²) in [7, 11) is 0. The number of hydrogen-bond donors (Lipinski definition) is 0. The first-order valence-electron chi connectivity index (χ1n) is 7.78. The van der Waals surface area contributed by atoms with E-state index in [1.54, 1.807) is 6.07 Å². The zero-order valence-electron chi connectivity index (χ0n) is 14.3. The van der Waals surface area contributed by atoms with Crippen LogP contribution in [0.3, 0.4) is 0 Å². The number of halogens is 2. The Labute approximate surface area is 162 Å². The molecule has 0 radical (unpaired) electrons. The lowest BCUT2D eigenvalue weighted by molar-refractivity contribution is -0.384. The van der Waals surface area contributed by atoms with Gasteiger partial charge in [-0.25, -0.2) is 9.18 Å². The molecule has 142 valence electrons. The molecule has 0 saturated heterocycles. The van der Waals surface area contributed by atoms with Crippen LogP contribution in [0.4, 0.5) is 10.1 Å². The fourth-order valence-corrected chi connectivity index (χ4v) is 2.66. The Morgan fingerprint density at radius 2 is 2.11 bits per heavy atom. The average molecular weight is 404 g/mol. The predicted octanol–water partition coefficient (Wildman–Crippen LogP) is 4.54. The Hall–Kier alpha value is -3.59. The van der Waals surface area contributed by atoms with Crippen molar-refractivity contribution in [2.75, 3.05) is 0 Å². The van der Waals surface area contributed by atoms with Crippen LogP contribution in [0.1, 0.15) is 21.7 Å². The summed E-state index contributed by atoms with van der Waals surface area (Å²) in [4.78, 5) is 27.4. The molecular formula is C18H11ClFN3O5. The molecule has 3 aromatic rings. The van der Waals surface area contributed by atoms with Crippen LogP contribution >= 0.6 is 11.6 Å². The third kappa shape index (κ3) is 3.89. The number of rotatable bonds is 5. The number of aryl methyl sites for hydroxylation is 1. The van der Waals surface area contributed by atoms with Crippen molar-refractivity contribution in [3.8, 4) is 11.3 Å². The van der Waals surface area contributed by atoms with Gasteiger partial charge >= 0.3 is 5.97 Å². The quantitative estimate of drug-likeness (QED) is 0.268. The Kier molecular flexibility index (Phi) is 5.46. The molecule has 0 unspecified atom stereocenters. The summed E-state index contributed by atoms with van der Waals surface area (Å²) in [5.41, 5.74) is -0.141. The zero-order chi connectivity index (χ0) is 20.3. The van der Waals surface area contributed by atoms with Crippen LogP contribution in [0.15, 0.2) is 52.1 Å². The molecule has 0 N–H and O–H groups in total. The molecule has 0 atom stereocenters. The van der Waals surface area contributed by atoms with Gasteiger partial charge in [0.1, 0.15) is 22.8 Å². The summed E-state index contributed by atoms with van der Waals surface area (Å²) in [6, 6.07) is 9.60. The van der Waals surface area contributed by atoms with E-state index in [0.717, 1.165) is 6.21 Å². The van der Waals surface area contributed by atoms with E-state index in [1.807, 2.05) is 0 Å². The van der Waals surface area contributed by atoms with Crippen LogP contribution < -0.4 is 0 Å². The van der Waals surface area contributed by atoms with Gasteiger partial charge in [0.15, 0.2) is 0 Å². The normalized spacial score (nSPS) is 11.0. The minimum absolute atomic E-state index is 0.0439. The molecule has 8 nitrogen and oxygen atoms in total. The smallest absolute Gasteiger partial charge is 0.360 e. The van der Waals surface area contributed by atoms with Crippen molar-refractivity contribution in [3.05, 3.63) is 80.3 Å². The fraction of sp³-hybridized carbons (Fsp3) is 0.0556. The fourth-order valence-electron chi connectivity index (χ4n) is 2.41. The second-order valence-corrected chi connectivity index (χ2v) is 5.93. The van der Waals surface area contributed by atoms with Gasteiger partial charge in [0.05, 0.1) is 21.7 Å². The second kappa shape index (κ2) is 7.97. The van der Waals surface area contributed by atoms with Gasteiger partial charge in [-0.3, -0.25) is 10.1 Å². The Balaban J connectivity index is 1.85. The van der Waals surface area contributed by atoms with Crippen LogP contribution in [-0.4, -0.2) is 22.3 Å². The maximum absolute atomic E-state index is 14.2. The first-order chi connectivity index (χ1) is 13.4. The lowest BCUT2D eigenvalue weighted by Gasteiger charge is -2.04. The third-order valence-corrected chi connectivity index (χ3v) is 4.00. The minimum Gasteiger partial charge on any atom is -0.360 e. The van der Waals surface area contributed by atoms with Gasteiger partial charge in [-0.1, -0.05) is 40.1 Å². The number of carbonyl (C=O) groups is 1. The first-order valence-corrected chi connectivity index (χ1v) is 8.16. The summed E-state index contributed by atoms with van der Waals surface area (Å²) in [6.45, 7) is 1.45. The van der Waals surface area contributed by atoms with Crippen LogP contribution in [0.25, 0.3) is 11.3 Å². The summed E-state index contributed by atoms with van der Waals surface area (Å²) < 4.78 is 19.1. The van der Waals surface area contributed by atoms with E-state index in [0.29, 0.717) is 5.56 Å². The molecule has 28 heavy (non-hydrogen) atoms. The monoisotopic (exact) mass is 403 g/mol. The van der Waals surface area contributed by atoms with Crippen LogP contribution in [0.5, 0.6) is 0 Å². The molecule has 0 bridgehead atoms. The van der Waals surface area contributed by atoms with Crippen LogP contribution in [0, 0.1) is 22.9 Å². The highest BCUT2D eigenvalue weighted by atomic mass is 35.5. The molecule has 0 fully saturated rings. The SMILES string of the molecule is Cc1onc(-c2c(F)cccc2Cl)c1C(=O)O/N=C\c1cccc([N+](=O)[O-])c1. The molecule has 0 aliphatic heterocycles. The van der Waals surface area contributed by atoms with E-state index in [9.17, 15) is 19.3 Å². The maximum Gasteiger partial charge on any atom is 0.371 e. The molecule has 1 heterocycles. The highest BCUT2D eigenvalue weighted by Gasteiger charge is 2.26. The van der Waals surface area contributed by atoms with Crippen molar-refractivity contribution in [1.29, 1.82) is 0 Å². The molecule has 1 aromatic heterocycles. The molecule has 2 aromatic carbocycles. The first kappa shape index (κ1) is 19.2.